The molecule has 0 aromatic carbocycles. The number of amides is 1. The Balaban J connectivity index is 2.97. The molecule has 2 N–H and O–H groups in total. The molecule has 0 aromatic heterocycles. The zero-order valence-electron chi connectivity index (χ0n) is 14.8. The number of primary amides is 1. The number of unbranched alkanes of at least 4 members (excludes halogenated alkanes) is 1. The van der Waals surface area contributed by atoms with E-state index in [0.29, 0.717) is 66.1 Å². The van der Waals surface area contributed by atoms with Crippen molar-refractivity contribution in [3.63, 3.8) is 0 Å². The maximum absolute atomic E-state index is 10.4. The summed E-state index contributed by atoms with van der Waals surface area (Å²) in [6, 6.07) is 0. The van der Waals surface area contributed by atoms with E-state index in [4.69, 9.17) is 34.2 Å². The quantitative estimate of drug-likeness (QED) is 0.316. The molecular weight excluding hydrogens is 318 g/mol. The third kappa shape index (κ3) is 21.2. The first kappa shape index (κ1) is 23.2. The molecule has 0 aromatic rings. The van der Waals surface area contributed by atoms with Crippen LogP contribution in [0, 0.1) is 0 Å². The molecule has 0 radical (unpaired) electrons. The molecule has 0 fully saturated rings. The minimum Gasteiger partial charge on any atom is -0.379 e. The van der Waals surface area contributed by atoms with Crippen molar-refractivity contribution in [2.24, 2.45) is 5.73 Å². The number of rotatable bonds is 20. The lowest BCUT2D eigenvalue weighted by Crippen LogP contribution is -2.20. The van der Waals surface area contributed by atoms with E-state index in [0.717, 1.165) is 19.4 Å². The van der Waals surface area contributed by atoms with E-state index in [1.54, 1.807) is 0 Å². The van der Waals surface area contributed by atoms with Gasteiger partial charge in [-0.1, -0.05) is 13.3 Å². The van der Waals surface area contributed by atoms with Crippen LogP contribution >= 0.6 is 0 Å². The van der Waals surface area contributed by atoms with Crippen LogP contribution in [0.15, 0.2) is 0 Å². The van der Waals surface area contributed by atoms with Crippen molar-refractivity contribution in [1.29, 1.82) is 0 Å². The third-order valence-corrected chi connectivity index (χ3v) is 2.75. The van der Waals surface area contributed by atoms with Crippen LogP contribution in [0.25, 0.3) is 0 Å². The van der Waals surface area contributed by atoms with Crippen LogP contribution in [0.3, 0.4) is 0 Å². The van der Waals surface area contributed by atoms with E-state index in [2.05, 4.69) is 6.92 Å². The molecule has 0 unspecified atom stereocenters. The molecule has 1 amide bonds. The first-order valence-electron chi connectivity index (χ1n) is 8.52. The molecule has 0 saturated heterocycles. The molecule has 8 nitrogen and oxygen atoms in total. The van der Waals surface area contributed by atoms with Crippen LogP contribution in [0.5, 0.6) is 0 Å². The maximum Gasteiger partial charge on any atom is 0.243 e. The number of carbonyl (C=O) groups excluding carboxylic acids is 1. The van der Waals surface area contributed by atoms with Crippen LogP contribution in [0.1, 0.15) is 19.8 Å². The maximum atomic E-state index is 10.4. The van der Waals surface area contributed by atoms with Crippen molar-refractivity contribution >= 4 is 5.91 Å². The Kier molecular flexibility index (Phi) is 19.6. The second kappa shape index (κ2) is 20.3. The van der Waals surface area contributed by atoms with Crippen molar-refractivity contribution in [3.8, 4) is 0 Å². The second-order valence-electron chi connectivity index (χ2n) is 4.93. The highest BCUT2D eigenvalue weighted by molar-refractivity contribution is 5.74. The molecule has 0 rings (SSSR count). The minimum absolute atomic E-state index is 0.0766. The molecule has 0 aliphatic rings. The van der Waals surface area contributed by atoms with E-state index in [-0.39, 0.29) is 6.61 Å². The van der Waals surface area contributed by atoms with Gasteiger partial charge in [0.05, 0.1) is 66.1 Å². The lowest BCUT2D eigenvalue weighted by atomic mass is 10.4. The molecule has 144 valence electrons. The van der Waals surface area contributed by atoms with Gasteiger partial charge in [0.2, 0.25) is 5.91 Å². The normalized spacial score (nSPS) is 11.0. The SMILES string of the molecule is CCCCOCCOCCOCCOCCOCCOCC(N)=O. The third-order valence-electron chi connectivity index (χ3n) is 2.75. The topological polar surface area (TPSA) is 98.5 Å². The average molecular weight is 351 g/mol. The van der Waals surface area contributed by atoms with Gasteiger partial charge >= 0.3 is 0 Å². The van der Waals surface area contributed by atoms with Gasteiger partial charge < -0.3 is 34.2 Å². The average Bonchev–Trinajstić information content (AvgIpc) is 2.56. The largest absolute Gasteiger partial charge is 0.379 e. The molecule has 8 heteroatoms. The van der Waals surface area contributed by atoms with Crippen LogP contribution in [0.4, 0.5) is 0 Å². The van der Waals surface area contributed by atoms with Gasteiger partial charge in [0.1, 0.15) is 6.61 Å². The molecule has 0 aliphatic heterocycles. The van der Waals surface area contributed by atoms with E-state index in [9.17, 15) is 4.79 Å². The van der Waals surface area contributed by atoms with Crippen molar-refractivity contribution in [2.45, 2.75) is 19.8 Å². The number of nitrogens with two attached hydrogens (primary N) is 1. The van der Waals surface area contributed by atoms with E-state index < -0.39 is 5.91 Å². The summed E-state index contributed by atoms with van der Waals surface area (Å²) in [5, 5.41) is 0. The Hall–Kier alpha value is -0.770. The van der Waals surface area contributed by atoms with Crippen LogP contribution in [-0.4, -0.2) is 85.2 Å². The van der Waals surface area contributed by atoms with Gasteiger partial charge in [-0.05, 0) is 6.42 Å². The van der Waals surface area contributed by atoms with Crippen molar-refractivity contribution in [2.75, 3.05) is 79.3 Å². The Labute approximate surface area is 144 Å². The predicted octanol–water partition coefficient (Wildman–Crippen LogP) is 0.371. The molecule has 0 saturated carbocycles. The molecule has 0 heterocycles. The van der Waals surface area contributed by atoms with Crippen LogP contribution in [0.2, 0.25) is 0 Å². The fourth-order valence-electron chi connectivity index (χ4n) is 1.52. The summed E-state index contributed by atoms with van der Waals surface area (Å²) in [6.07, 6.45) is 2.24. The van der Waals surface area contributed by atoms with Gasteiger partial charge in [-0.2, -0.15) is 0 Å². The first-order valence-corrected chi connectivity index (χ1v) is 8.52. The molecular formula is C16H33NO7. The Morgan fingerprint density at radius 2 is 0.958 bits per heavy atom. The smallest absolute Gasteiger partial charge is 0.243 e. The van der Waals surface area contributed by atoms with Crippen LogP contribution < -0.4 is 5.73 Å². The van der Waals surface area contributed by atoms with Crippen molar-refractivity contribution in [3.05, 3.63) is 0 Å². The van der Waals surface area contributed by atoms with Crippen molar-refractivity contribution in [1.82, 2.24) is 0 Å². The molecule has 0 aliphatic carbocycles. The standard InChI is InChI=1S/C16H33NO7/c1-2-3-4-19-5-6-20-7-8-21-9-10-22-11-12-23-13-14-24-15-16(17)18/h2-15H2,1H3,(H2,17,18). The zero-order valence-corrected chi connectivity index (χ0v) is 14.8. The van der Waals surface area contributed by atoms with Gasteiger partial charge in [-0.3, -0.25) is 4.79 Å². The molecule has 24 heavy (non-hydrogen) atoms. The summed E-state index contributed by atoms with van der Waals surface area (Å²) in [4.78, 5) is 10.4. The summed E-state index contributed by atoms with van der Waals surface area (Å²) in [7, 11) is 0. The number of hydrogen-bond donors (Lipinski definition) is 1. The predicted molar refractivity (Wildman–Crippen MR) is 89.0 cm³/mol. The summed E-state index contributed by atoms with van der Waals surface area (Å²) in [5.74, 6) is -0.482. The fraction of sp³-hybridized carbons (Fsp3) is 0.938. The monoisotopic (exact) mass is 351 g/mol. The Morgan fingerprint density at radius 3 is 1.29 bits per heavy atom. The van der Waals surface area contributed by atoms with Gasteiger partial charge in [0, 0.05) is 6.61 Å². The summed E-state index contributed by atoms with van der Waals surface area (Å²) in [5.41, 5.74) is 4.92. The number of hydrogen-bond acceptors (Lipinski definition) is 7. The van der Waals surface area contributed by atoms with E-state index in [1.807, 2.05) is 0 Å². The lowest BCUT2D eigenvalue weighted by molar-refractivity contribution is -0.123. The fourth-order valence-corrected chi connectivity index (χ4v) is 1.52. The van der Waals surface area contributed by atoms with Gasteiger partial charge in [0.25, 0.3) is 0 Å². The number of carbonyl (C=O) groups is 1. The highest BCUT2D eigenvalue weighted by atomic mass is 16.6. The highest BCUT2D eigenvalue weighted by Crippen LogP contribution is 1.88. The van der Waals surface area contributed by atoms with Crippen LogP contribution in [-0.2, 0) is 33.2 Å². The molecule has 0 atom stereocenters. The second-order valence-corrected chi connectivity index (χ2v) is 4.93. The zero-order chi connectivity index (χ0) is 17.7. The number of ether oxygens (including phenoxy) is 6. The summed E-state index contributed by atoms with van der Waals surface area (Å²) in [6.45, 7) is 7.97. The molecule has 0 spiro atoms. The summed E-state index contributed by atoms with van der Waals surface area (Å²) >= 11 is 0. The Morgan fingerprint density at radius 1 is 0.625 bits per heavy atom. The van der Waals surface area contributed by atoms with E-state index in [1.165, 1.54) is 0 Å². The summed E-state index contributed by atoms with van der Waals surface area (Å²) < 4.78 is 31.6. The van der Waals surface area contributed by atoms with Gasteiger partial charge in [-0.25, -0.2) is 0 Å². The molecule has 0 bridgehead atoms. The highest BCUT2D eigenvalue weighted by Gasteiger charge is 1.95. The first-order chi connectivity index (χ1) is 11.8. The lowest BCUT2D eigenvalue weighted by Gasteiger charge is -2.08. The van der Waals surface area contributed by atoms with Crippen molar-refractivity contribution < 1.29 is 33.2 Å². The van der Waals surface area contributed by atoms with E-state index >= 15 is 0 Å². The van der Waals surface area contributed by atoms with Gasteiger partial charge in [-0.15, -0.1) is 0 Å². The van der Waals surface area contributed by atoms with Gasteiger partial charge in [0.15, 0.2) is 0 Å². The minimum atomic E-state index is -0.482. The Bertz CT molecular complexity index is 267.